The molecule has 0 spiro atoms. The van der Waals surface area contributed by atoms with Gasteiger partial charge in [0.1, 0.15) is 0 Å². The lowest BCUT2D eigenvalue weighted by Gasteiger charge is -2.08. The van der Waals surface area contributed by atoms with Gasteiger partial charge in [-0.3, -0.25) is 20.4 Å². The Morgan fingerprint density at radius 1 is 0.667 bits per heavy atom. The largest absolute Gasteiger partial charge is 0.269 e. The zero-order chi connectivity index (χ0) is 19.5. The molecule has 0 aliphatic heterocycles. The van der Waals surface area contributed by atoms with Crippen LogP contribution in [0.5, 0.6) is 0 Å². The van der Waals surface area contributed by atoms with Gasteiger partial charge in [0.2, 0.25) is 0 Å². The van der Waals surface area contributed by atoms with Gasteiger partial charge in [-0.1, -0.05) is 63.8 Å². The number of nitrogens with one attached hydrogen (secondary N) is 2. The summed E-state index contributed by atoms with van der Waals surface area (Å²) in [6.07, 6.45) is 8.24. The zero-order valence-corrected chi connectivity index (χ0v) is 16.4. The normalized spacial score (nSPS) is 10.4. The molecular weight excluding hydrogens is 336 g/mol. The van der Waals surface area contributed by atoms with Gasteiger partial charge >= 0.3 is 0 Å². The highest BCUT2D eigenvalue weighted by molar-refractivity contribution is 5.99. The summed E-state index contributed by atoms with van der Waals surface area (Å²) in [5.74, 6) is -0.641. The third kappa shape index (κ3) is 6.89. The first kappa shape index (κ1) is 20.7. The summed E-state index contributed by atoms with van der Waals surface area (Å²) in [5.41, 5.74) is 8.40. The van der Waals surface area contributed by atoms with E-state index in [9.17, 15) is 9.59 Å². The quantitative estimate of drug-likeness (QED) is 0.493. The molecule has 144 valence electrons. The molecule has 0 saturated heterocycles. The van der Waals surface area contributed by atoms with E-state index < -0.39 is 0 Å². The summed E-state index contributed by atoms with van der Waals surface area (Å²) in [6, 6.07) is 14.9. The number of hydrogen-bond donors (Lipinski definition) is 2. The zero-order valence-electron chi connectivity index (χ0n) is 16.4. The van der Waals surface area contributed by atoms with E-state index in [1.165, 1.54) is 43.2 Å². The number of carbonyl (C=O) groups is 2. The van der Waals surface area contributed by atoms with E-state index in [0.29, 0.717) is 11.1 Å². The predicted molar refractivity (Wildman–Crippen MR) is 110 cm³/mol. The van der Waals surface area contributed by atoms with Crippen LogP contribution in [0.15, 0.2) is 48.5 Å². The molecule has 2 amide bonds. The molecule has 0 unspecified atom stereocenters. The van der Waals surface area contributed by atoms with E-state index in [0.717, 1.165) is 12.8 Å². The first-order valence-corrected chi connectivity index (χ1v) is 9.92. The van der Waals surface area contributed by atoms with Crippen LogP contribution >= 0.6 is 0 Å². The number of rotatable bonds is 9. The van der Waals surface area contributed by atoms with Crippen LogP contribution in [0.1, 0.15) is 77.8 Å². The van der Waals surface area contributed by atoms with Gasteiger partial charge in [0, 0.05) is 11.1 Å². The fraction of sp³-hybridized carbons (Fsp3) is 0.391. The highest BCUT2D eigenvalue weighted by atomic mass is 16.2. The molecule has 0 bridgehead atoms. The Labute approximate surface area is 162 Å². The van der Waals surface area contributed by atoms with E-state index in [4.69, 9.17) is 0 Å². The molecule has 4 heteroatoms. The molecule has 0 aromatic heterocycles. The summed E-state index contributed by atoms with van der Waals surface area (Å²) in [4.78, 5) is 24.3. The standard InChI is InChI=1S/C23H30N2O2/c1-3-5-6-7-8-9-19-12-16-21(17-13-19)23(27)25-24-22(26)20-14-10-18(4-2)11-15-20/h10-17H,3-9H2,1-2H3,(H,24,26)(H,25,27). The average Bonchev–Trinajstić information content (AvgIpc) is 2.72. The molecule has 0 atom stereocenters. The van der Waals surface area contributed by atoms with Gasteiger partial charge in [-0.2, -0.15) is 0 Å². The summed E-state index contributed by atoms with van der Waals surface area (Å²) < 4.78 is 0. The Bertz CT molecular complexity index is 721. The van der Waals surface area contributed by atoms with Crippen LogP contribution in [-0.4, -0.2) is 11.8 Å². The van der Waals surface area contributed by atoms with Crippen LogP contribution < -0.4 is 10.9 Å². The SMILES string of the molecule is CCCCCCCc1ccc(C(=O)NNC(=O)c2ccc(CC)cc2)cc1. The van der Waals surface area contributed by atoms with Crippen molar-refractivity contribution in [1.29, 1.82) is 0 Å². The molecule has 2 N–H and O–H groups in total. The first-order valence-electron chi connectivity index (χ1n) is 9.92. The summed E-state index contributed by atoms with van der Waals surface area (Å²) in [5, 5.41) is 0. The minimum atomic E-state index is -0.324. The Morgan fingerprint density at radius 3 is 1.63 bits per heavy atom. The monoisotopic (exact) mass is 366 g/mol. The van der Waals surface area contributed by atoms with Crippen LogP contribution in [0.2, 0.25) is 0 Å². The molecule has 2 aromatic rings. The van der Waals surface area contributed by atoms with Crippen LogP contribution in [0.3, 0.4) is 0 Å². The van der Waals surface area contributed by atoms with E-state index in [2.05, 4.69) is 24.7 Å². The minimum Gasteiger partial charge on any atom is -0.267 e. The molecular formula is C23H30N2O2. The summed E-state index contributed by atoms with van der Waals surface area (Å²) in [7, 11) is 0. The lowest BCUT2D eigenvalue weighted by molar-refractivity contribution is 0.0846. The number of unbranched alkanes of at least 4 members (excludes halogenated alkanes) is 4. The molecule has 0 fully saturated rings. The Hall–Kier alpha value is -2.62. The second-order valence-electron chi connectivity index (χ2n) is 6.82. The van der Waals surface area contributed by atoms with Crippen LogP contribution in [0.4, 0.5) is 0 Å². The highest BCUT2D eigenvalue weighted by Gasteiger charge is 2.09. The summed E-state index contributed by atoms with van der Waals surface area (Å²) >= 11 is 0. The smallest absolute Gasteiger partial charge is 0.267 e. The molecule has 2 aromatic carbocycles. The fourth-order valence-electron chi connectivity index (χ4n) is 2.91. The van der Waals surface area contributed by atoms with E-state index in [1.807, 2.05) is 24.3 Å². The maximum atomic E-state index is 12.2. The lowest BCUT2D eigenvalue weighted by atomic mass is 10.0. The Kier molecular flexibility index (Phi) is 8.56. The fourth-order valence-corrected chi connectivity index (χ4v) is 2.91. The van der Waals surface area contributed by atoms with Crippen LogP contribution in [0, 0.1) is 0 Å². The third-order valence-corrected chi connectivity index (χ3v) is 4.70. The molecule has 0 heterocycles. The topological polar surface area (TPSA) is 58.2 Å². The van der Waals surface area contributed by atoms with Crippen molar-refractivity contribution in [2.24, 2.45) is 0 Å². The van der Waals surface area contributed by atoms with Gasteiger partial charge in [-0.05, 0) is 54.7 Å². The van der Waals surface area contributed by atoms with Crippen molar-refractivity contribution in [3.8, 4) is 0 Å². The molecule has 0 saturated carbocycles. The molecule has 0 radical (unpaired) electrons. The number of hydrazine groups is 1. The number of hydrogen-bond acceptors (Lipinski definition) is 2. The van der Waals surface area contributed by atoms with Crippen molar-refractivity contribution < 1.29 is 9.59 Å². The van der Waals surface area contributed by atoms with Gasteiger partial charge in [0.25, 0.3) is 11.8 Å². The van der Waals surface area contributed by atoms with Gasteiger partial charge in [-0.25, -0.2) is 0 Å². The maximum absolute atomic E-state index is 12.2. The van der Waals surface area contributed by atoms with Crippen LogP contribution in [0.25, 0.3) is 0 Å². The van der Waals surface area contributed by atoms with Gasteiger partial charge in [0.05, 0.1) is 0 Å². The second kappa shape index (κ2) is 11.2. The number of carbonyl (C=O) groups excluding carboxylic acids is 2. The lowest BCUT2D eigenvalue weighted by Crippen LogP contribution is -2.41. The first-order chi connectivity index (χ1) is 13.1. The van der Waals surface area contributed by atoms with Gasteiger partial charge < -0.3 is 0 Å². The van der Waals surface area contributed by atoms with E-state index in [-0.39, 0.29) is 11.8 Å². The second-order valence-corrected chi connectivity index (χ2v) is 6.82. The molecule has 0 aliphatic rings. The maximum Gasteiger partial charge on any atom is 0.269 e. The van der Waals surface area contributed by atoms with E-state index in [1.54, 1.807) is 24.3 Å². The van der Waals surface area contributed by atoms with Crippen LogP contribution in [-0.2, 0) is 12.8 Å². The Balaban J connectivity index is 1.78. The Morgan fingerprint density at radius 2 is 1.15 bits per heavy atom. The van der Waals surface area contributed by atoms with Gasteiger partial charge in [0.15, 0.2) is 0 Å². The number of benzene rings is 2. The van der Waals surface area contributed by atoms with Crippen molar-refractivity contribution >= 4 is 11.8 Å². The van der Waals surface area contributed by atoms with Crippen molar-refractivity contribution in [2.45, 2.75) is 58.8 Å². The predicted octanol–water partition coefficient (Wildman–Crippen LogP) is 4.84. The average molecular weight is 367 g/mol. The van der Waals surface area contributed by atoms with Crippen molar-refractivity contribution in [3.05, 3.63) is 70.8 Å². The van der Waals surface area contributed by atoms with E-state index >= 15 is 0 Å². The third-order valence-electron chi connectivity index (χ3n) is 4.70. The van der Waals surface area contributed by atoms with Crippen molar-refractivity contribution in [1.82, 2.24) is 10.9 Å². The highest BCUT2D eigenvalue weighted by Crippen LogP contribution is 2.10. The van der Waals surface area contributed by atoms with Gasteiger partial charge in [-0.15, -0.1) is 0 Å². The minimum absolute atomic E-state index is 0.317. The van der Waals surface area contributed by atoms with Crippen molar-refractivity contribution in [3.63, 3.8) is 0 Å². The molecule has 4 nitrogen and oxygen atoms in total. The molecule has 2 rings (SSSR count). The van der Waals surface area contributed by atoms with Crippen molar-refractivity contribution in [2.75, 3.05) is 0 Å². The molecule has 27 heavy (non-hydrogen) atoms. The number of amides is 2. The number of aryl methyl sites for hydroxylation is 2. The molecule has 0 aliphatic carbocycles. The summed E-state index contributed by atoms with van der Waals surface area (Å²) in [6.45, 7) is 4.28.